The molecule has 0 fully saturated rings. The fourth-order valence-electron chi connectivity index (χ4n) is 2.10. The highest BCUT2D eigenvalue weighted by molar-refractivity contribution is 5.74. The standard InChI is InChI=1S/C11H17N5O3/c1-13(5-6-17)10-12-8-7(14(10)2)9(18)16(4)11(19)15(8)3/h17H,5-6H2,1-4H3. The monoisotopic (exact) mass is 267 g/mol. The van der Waals surface area contributed by atoms with Crippen molar-refractivity contribution in [1.82, 2.24) is 18.7 Å². The maximum atomic E-state index is 12.1. The van der Waals surface area contributed by atoms with Gasteiger partial charge < -0.3 is 14.6 Å². The van der Waals surface area contributed by atoms with Crippen LogP contribution in [0.15, 0.2) is 9.59 Å². The summed E-state index contributed by atoms with van der Waals surface area (Å²) in [6, 6.07) is 0. The SMILES string of the molecule is CN(CCO)c1nc2c(c(=O)n(C)c(=O)n2C)n1C. The van der Waals surface area contributed by atoms with E-state index < -0.39 is 5.69 Å². The van der Waals surface area contributed by atoms with Gasteiger partial charge in [-0.15, -0.1) is 0 Å². The maximum Gasteiger partial charge on any atom is 0.332 e. The van der Waals surface area contributed by atoms with Crippen LogP contribution in [0.2, 0.25) is 0 Å². The molecule has 2 aromatic rings. The molecular formula is C11H17N5O3. The first-order chi connectivity index (χ1) is 8.90. The van der Waals surface area contributed by atoms with Crippen LogP contribution < -0.4 is 16.1 Å². The lowest BCUT2D eigenvalue weighted by atomic mass is 10.5. The van der Waals surface area contributed by atoms with Gasteiger partial charge in [-0.2, -0.15) is 4.98 Å². The molecule has 0 unspecified atom stereocenters. The summed E-state index contributed by atoms with van der Waals surface area (Å²) >= 11 is 0. The van der Waals surface area contributed by atoms with Crippen LogP contribution in [-0.2, 0) is 21.1 Å². The number of fused-ring (bicyclic) bond motifs is 1. The van der Waals surface area contributed by atoms with Gasteiger partial charge in [0.15, 0.2) is 11.2 Å². The molecule has 0 aliphatic heterocycles. The van der Waals surface area contributed by atoms with E-state index in [2.05, 4.69) is 4.98 Å². The van der Waals surface area contributed by atoms with Crippen molar-refractivity contribution in [3.63, 3.8) is 0 Å². The molecule has 0 atom stereocenters. The highest BCUT2D eigenvalue weighted by Gasteiger charge is 2.18. The number of likely N-dealkylation sites (N-methyl/N-ethyl adjacent to an activating group) is 1. The molecule has 2 heterocycles. The molecule has 0 saturated carbocycles. The van der Waals surface area contributed by atoms with E-state index in [0.29, 0.717) is 23.7 Å². The van der Waals surface area contributed by atoms with E-state index in [1.807, 2.05) is 0 Å². The summed E-state index contributed by atoms with van der Waals surface area (Å²) in [6.45, 7) is 0.377. The van der Waals surface area contributed by atoms with Crippen LogP contribution in [0.4, 0.5) is 5.95 Å². The fraction of sp³-hybridized carbons (Fsp3) is 0.545. The molecule has 2 aromatic heterocycles. The number of aliphatic hydroxyl groups is 1. The normalized spacial score (nSPS) is 11.2. The molecule has 0 aromatic carbocycles. The molecule has 2 rings (SSSR count). The van der Waals surface area contributed by atoms with Gasteiger partial charge in [-0.05, 0) is 0 Å². The molecule has 0 amide bonds. The van der Waals surface area contributed by atoms with Crippen molar-refractivity contribution in [2.24, 2.45) is 21.1 Å². The second-order valence-corrected chi connectivity index (χ2v) is 4.49. The summed E-state index contributed by atoms with van der Waals surface area (Å²) in [5.41, 5.74) is -0.0801. The Morgan fingerprint density at radius 2 is 1.79 bits per heavy atom. The van der Waals surface area contributed by atoms with Crippen LogP contribution >= 0.6 is 0 Å². The Morgan fingerprint density at radius 1 is 1.16 bits per heavy atom. The summed E-state index contributed by atoms with van der Waals surface area (Å²) in [5, 5.41) is 8.96. The van der Waals surface area contributed by atoms with Crippen LogP contribution in [0.3, 0.4) is 0 Å². The van der Waals surface area contributed by atoms with Gasteiger partial charge in [0.25, 0.3) is 5.56 Å². The Balaban J connectivity index is 2.85. The predicted octanol–water partition coefficient (Wildman–Crippen LogP) is -1.60. The minimum Gasteiger partial charge on any atom is -0.395 e. The number of aryl methyl sites for hydroxylation is 2. The highest BCUT2D eigenvalue weighted by atomic mass is 16.3. The second-order valence-electron chi connectivity index (χ2n) is 4.49. The largest absolute Gasteiger partial charge is 0.395 e. The van der Waals surface area contributed by atoms with Crippen molar-refractivity contribution in [3.8, 4) is 0 Å². The summed E-state index contributed by atoms with van der Waals surface area (Å²) in [6.07, 6.45) is 0. The van der Waals surface area contributed by atoms with Gasteiger partial charge in [-0.1, -0.05) is 0 Å². The van der Waals surface area contributed by atoms with Crippen molar-refractivity contribution in [1.29, 1.82) is 0 Å². The van der Waals surface area contributed by atoms with Crippen LogP contribution in [0, 0.1) is 0 Å². The molecule has 0 radical (unpaired) electrons. The first-order valence-electron chi connectivity index (χ1n) is 5.84. The number of hydrogen-bond donors (Lipinski definition) is 1. The predicted molar refractivity (Wildman–Crippen MR) is 71.6 cm³/mol. The third-order valence-electron chi connectivity index (χ3n) is 3.23. The van der Waals surface area contributed by atoms with E-state index in [-0.39, 0.29) is 12.2 Å². The summed E-state index contributed by atoms with van der Waals surface area (Å²) in [4.78, 5) is 30.0. The van der Waals surface area contributed by atoms with E-state index in [0.717, 1.165) is 4.57 Å². The Hall–Kier alpha value is -2.09. The van der Waals surface area contributed by atoms with Crippen molar-refractivity contribution in [3.05, 3.63) is 20.8 Å². The van der Waals surface area contributed by atoms with E-state index in [1.54, 1.807) is 30.6 Å². The zero-order chi connectivity index (χ0) is 14.3. The third-order valence-corrected chi connectivity index (χ3v) is 3.23. The van der Waals surface area contributed by atoms with Crippen LogP contribution in [-0.4, -0.2) is 44.0 Å². The zero-order valence-electron chi connectivity index (χ0n) is 11.4. The summed E-state index contributed by atoms with van der Waals surface area (Å²) in [5.74, 6) is 0.530. The van der Waals surface area contributed by atoms with Crippen LogP contribution in [0.5, 0.6) is 0 Å². The number of rotatable bonds is 3. The van der Waals surface area contributed by atoms with E-state index >= 15 is 0 Å². The van der Waals surface area contributed by atoms with Crippen molar-refractivity contribution < 1.29 is 5.11 Å². The quantitative estimate of drug-likeness (QED) is 0.724. The Bertz CT molecular complexity index is 739. The average Bonchev–Trinajstić information content (AvgIpc) is 2.72. The molecule has 104 valence electrons. The molecule has 8 nitrogen and oxygen atoms in total. The van der Waals surface area contributed by atoms with Crippen LogP contribution in [0.1, 0.15) is 0 Å². The Morgan fingerprint density at radius 3 is 2.37 bits per heavy atom. The Labute approximate surface area is 109 Å². The molecule has 8 heteroatoms. The summed E-state index contributed by atoms with van der Waals surface area (Å²) in [7, 11) is 6.49. The van der Waals surface area contributed by atoms with Gasteiger partial charge in [0.2, 0.25) is 5.95 Å². The molecule has 19 heavy (non-hydrogen) atoms. The topological polar surface area (TPSA) is 85.3 Å². The van der Waals surface area contributed by atoms with Gasteiger partial charge in [0, 0.05) is 34.7 Å². The maximum absolute atomic E-state index is 12.1. The average molecular weight is 267 g/mol. The Kier molecular flexibility index (Phi) is 3.19. The van der Waals surface area contributed by atoms with Gasteiger partial charge in [-0.3, -0.25) is 13.9 Å². The smallest absolute Gasteiger partial charge is 0.332 e. The number of hydrogen-bond acceptors (Lipinski definition) is 5. The number of aromatic nitrogens is 4. The highest BCUT2D eigenvalue weighted by Crippen LogP contribution is 2.15. The van der Waals surface area contributed by atoms with Gasteiger partial charge in [0.05, 0.1) is 6.61 Å². The van der Waals surface area contributed by atoms with Gasteiger partial charge in [-0.25, -0.2) is 4.79 Å². The molecule has 0 spiro atoms. The zero-order valence-corrected chi connectivity index (χ0v) is 11.4. The fourth-order valence-corrected chi connectivity index (χ4v) is 2.10. The second kappa shape index (κ2) is 4.54. The molecule has 0 aliphatic rings. The van der Waals surface area contributed by atoms with Gasteiger partial charge >= 0.3 is 5.69 Å². The summed E-state index contributed by atoms with van der Waals surface area (Å²) < 4.78 is 4.03. The van der Waals surface area contributed by atoms with Gasteiger partial charge in [0.1, 0.15) is 0 Å². The lowest BCUT2D eigenvalue weighted by Crippen LogP contribution is -2.37. The molecule has 0 saturated heterocycles. The van der Waals surface area contributed by atoms with Crippen molar-refractivity contribution in [2.75, 3.05) is 25.1 Å². The van der Waals surface area contributed by atoms with E-state index in [9.17, 15) is 9.59 Å². The minimum absolute atomic E-state index is 0.0172. The van der Waals surface area contributed by atoms with E-state index in [1.165, 1.54) is 11.6 Å². The number of aliphatic hydroxyl groups excluding tert-OH is 1. The van der Waals surface area contributed by atoms with Crippen molar-refractivity contribution in [2.45, 2.75) is 0 Å². The van der Waals surface area contributed by atoms with E-state index in [4.69, 9.17) is 5.11 Å². The molecule has 0 bridgehead atoms. The molecular weight excluding hydrogens is 250 g/mol. The lowest BCUT2D eigenvalue weighted by molar-refractivity contribution is 0.303. The molecule has 0 aliphatic carbocycles. The number of imidazole rings is 1. The number of anilines is 1. The third kappa shape index (κ3) is 1.84. The number of nitrogens with zero attached hydrogens (tertiary/aromatic N) is 5. The molecule has 1 N–H and O–H groups in total. The van der Waals surface area contributed by atoms with Crippen LogP contribution in [0.25, 0.3) is 11.2 Å². The first kappa shape index (κ1) is 13.3. The lowest BCUT2D eigenvalue weighted by Gasteiger charge is -2.16. The first-order valence-corrected chi connectivity index (χ1v) is 5.84. The minimum atomic E-state index is -0.410. The van der Waals surface area contributed by atoms with Crippen molar-refractivity contribution >= 4 is 17.1 Å².